The largest absolute Gasteiger partial charge is 0.336 e. The number of sulfone groups is 1. The molecule has 0 aromatic rings. The SMILES string of the molecule is O=C1NCCN1CCNCC1CCS(=O)(=O)C1. The Morgan fingerprint density at radius 1 is 1.47 bits per heavy atom. The minimum absolute atomic E-state index is 0.00440. The molecular formula is C10H19N3O3S. The van der Waals surface area contributed by atoms with Gasteiger partial charge in [-0.2, -0.15) is 0 Å². The number of carbonyl (C=O) groups excluding carboxylic acids is 1. The Labute approximate surface area is 102 Å². The van der Waals surface area contributed by atoms with E-state index in [2.05, 4.69) is 10.6 Å². The number of amides is 2. The van der Waals surface area contributed by atoms with Gasteiger partial charge in [0.15, 0.2) is 9.84 Å². The summed E-state index contributed by atoms with van der Waals surface area (Å²) in [6.45, 7) is 3.63. The average Bonchev–Trinajstić information content (AvgIpc) is 2.80. The third-order valence-electron chi connectivity index (χ3n) is 3.26. The van der Waals surface area contributed by atoms with Crippen molar-refractivity contribution in [3.05, 3.63) is 0 Å². The van der Waals surface area contributed by atoms with Crippen LogP contribution >= 0.6 is 0 Å². The maximum absolute atomic E-state index is 11.2. The van der Waals surface area contributed by atoms with Crippen molar-refractivity contribution in [3.63, 3.8) is 0 Å². The van der Waals surface area contributed by atoms with Gasteiger partial charge in [0.25, 0.3) is 0 Å². The molecule has 6 nitrogen and oxygen atoms in total. The molecule has 1 atom stereocenters. The first-order chi connectivity index (χ1) is 8.07. The highest BCUT2D eigenvalue weighted by atomic mass is 32.2. The predicted octanol–water partition coefficient (Wildman–Crippen LogP) is -0.964. The fourth-order valence-corrected chi connectivity index (χ4v) is 4.14. The highest BCUT2D eigenvalue weighted by molar-refractivity contribution is 7.91. The van der Waals surface area contributed by atoms with Crippen molar-refractivity contribution in [2.24, 2.45) is 5.92 Å². The van der Waals surface area contributed by atoms with Gasteiger partial charge in [0.2, 0.25) is 0 Å². The number of hydrogen-bond donors (Lipinski definition) is 2. The van der Waals surface area contributed by atoms with E-state index in [1.165, 1.54) is 0 Å². The highest BCUT2D eigenvalue weighted by Crippen LogP contribution is 2.17. The summed E-state index contributed by atoms with van der Waals surface area (Å²) in [5.41, 5.74) is 0. The van der Waals surface area contributed by atoms with Crippen molar-refractivity contribution in [2.45, 2.75) is 6.42 Å². The Balaban J connectivity index is 1.59. The molecule has 0 spiro atoms. The van der Waals surface area contributed by atoms with E-state index >= 15 is 0 Å². The maximum atomic E-state index is 11.2. The van der Waals surface area contributed by atoms with Gasteiger partial charge < -0.3 is 15.5 Å². The number of urea groups is 1. The predicted molar refractivity (Wildman–Crippen MR) is 64.6 cm³/mol. The molecule has 0 radical (unpaired) electrons. The van der Waals surface area contributed by atoms with Crippen LogP contribution < -0.4 is 10.6 Å². The van der Waals surface area contributed by atoms with Gasteiger partial charge in [-0.3, -0.25) is 0 Å². The van der Waals surface area contributed by atoms with Crippen LogP contribution in [0.4, 0.5) is 4.79 Å². The zero-order valence-corrected chi connectivity index (χ0v) is 10.6. The van der Waals surface area contributed by atoms with E-state index in [0.717, 1.165) is 32.6 Å². The van der Waals surface area contributed by atoms with E-state index in [-0.39, 0.29) is 11.9 Å². The van der Waals surface area contributed by atoms with Crippen LogP contribution in [0.2, 0.25) is 0 Å². The molecule has 2 fully saturated rings. The van der Waals surface area contributed by atoms with Crippen molar-refractivity contribution in [3.8, 4) is 0 Å². The molecule has 2 amide bonds. The summed E-state index contributed by atoms with van der Waals surface area (Å²) in [5.74, 6) is 0.880. The molecule has 2 saturated heterocycles. The third kappa shape index (κ3) is 3.57. The van der Waals surface area contributed by atoms with Crippen molar-refractivity contribution >= 4 is 15.9 Å². The molecule has 1 unspecified atom stereocenters. The molecule has 0 aromatic heterocycles. The first-order valence-corrected chi connectivity index (χ1v) is 7.83. The Morgan fingerprint density at radius 2 is 2.29 bits per heavy atom. The van der Waals surface area contributed by atoms with Gasteiger partial charge in [-0.05, 0) is 18.9 Å². The first-order valence-electron chi connectivity index (χ1n) is 6.01. The molecular weight excluding hydrogens is 242 g/mol. The average molecular weight is 261 g/mol. The molecule has 7 heteroatoms. The Hall–Kier alpha value is -0.820. The summed E-state index contributed by atoms with van der Waals surface area (Å²) in [4.78, 5) is 13.0. The summed E-state index contributed by atoms with van der Waals surface area (Å²) < 4.78 is 22.5. The van der Waals surface area contributed by atoms with E-state index in [0.29, 0.717) is 18.1 Å². The quantitative estimate of drug-likeness (QED) is 0.625. The number of hydrogen-bond acceptors (Lipinski definition) is 4. The monoisotopic (exact) mass is 261 g/mol. The number of carbonyl (C=O) groups is 1. The smallest absolute Gasteiger partial charge is 0.317 e. The van der Waals surface area contributed by atoms with Crippen LogP contribution in [-0.2, 0) is 9.84 Å². The van der Waals surface area contributed by atoms with Crippen LogP contribution in [-0.4, -0.2) is 63.6 Å². The molecule has 2 aliphatic heterocycles. The third-order valence-corrected chi connectivity index (χ3v) is 5.10. The van der Waals surface area contributed by atoms with E-state index in [1.54, 1.807) is 4.90 Å². The second kappa shape index (κ2) is 5.22. The molecule has 2 heterocycles. The van der Waals surface area contributed by atoms with Crippen LogP contribution in [0.1, 0.15) is 6.42 Å². The summed E-state index contributed by atoms with van der Waals surface area (Å²) in [7, 11) is -2.77. The second-order valence-electron chi connectivity index (χ2n) is 4.69. The standard InChI is InChI=1S/C10H19N3O3S/c14-10-12-3-5-13(10)4-2-11-7-9-1-6-17(15,16)8-9/h9,11H,1-8H2,(H,12,14). The van der Waals surface area contributed by atoms with Crippen LogP contribution in [0.25, 0.3) is 0 Å². The van der Waals surface area contributed by atoms with Crippen molar-refractivity contribution in [1.29, 1.82) is 0 Å². The van der Waals surface area contributed by atoms with Crippen LogP contribution in [0.15, 0.2) is 0 Å². The number of nitrogens with one attached hydrogen (secondary N) is 2. The van der Waals surface area contributed by atoms with Gasteiger partial charge in [-0.1, -0.05) is 0 Å². The summed E-state index contributed by atoms with van der Waals surface area (Å²) in [5, 5.41) is 5.97. The first kappa shape index (κ1) is 12.6. The normalized spacial score (nSPS) is 27.4. The molecule has 2 rings (SSSR count). The lowest BCUT2D eigenvalue weighted by molar-refractivity contribution is 0.217. The molecule has 2 N–H and O–H groups in total. The summed E-state index contributed by atoms with van der Waals surface area (Å²) in [6, 6.07) is -0.00440. The van der Waals surface area contributed by atoms with Crippen LogP contribution in [0.3, 0.4) is 0 Å². The van der Waals surface area contributed by atoms with Crippen LogP contribution in [0.5, 0.6) is 0 Å². The summed E-state index contributed by atoms with van der Waals surface area (Å²) in [6.07, 6.45) is 0.763. The Bertz CT molecular complexity index is 382. The van der Waals surface area contributed by atoms with Gasteiger partial charge in [0, 0.05) is 26.2 Å². The molecule has 0 saturated carbocycles. The minimum atomic E-state index is -2.77. The van der Waals surface area contributed by atoms with Gasteiger partial charge in [-0.25, -0.2) is 13.2 Å². The lowest BCUT2D eigenvalue weighted by Gasteiger charge is -2.15. The molecule has 2 aliphatic rings. The molecule has 17 heavy (non-hydrogen) atoms. The lowest BCUT2D eigenvalue weighted by Crippen LogP contribution is -2.36. The number of rotatable bonds is 5. The van der Waals surface area contributed by atoms with Crippen molar-refractivity contribution in [2.75, 3.05) is 44.2 Å². The van der Waals surface area contributed by atoms with Crippen molar-refractivity contribution in [1.82, 2.24) is 15.5 Å². The van der Waals surface area contributed by atoms with Crippen molar-refractivity contribution < 1.29 is 13.2 Å². The van der Waals surface area contributed by atoms with Gasteiger partial charge in [0.1, 0.15) is 0 Å². The van der Waals surface area contributed by atoms with Gasteiger partial charge in [0.05, 0.1) is 11.5 Å². The topological polar surface area (TPSA) is 78.5 Å². The molecule has 0 aromatic carbocycles. The van der Waals surface area contributed by atoms with E-state index in [1.807, 2.05) is 0 Å². The fourth-order valence-electron chi connectivity index (χ4n) is 2.28. The maximum Gasteiger partial charge on any atom is 0.317 e. The van der Waals surface area contributed by atoms with Gasteiger partial charge in [-0.15, -0.1) is 0 Å². The molecule has 0 aliphatic carbocycles. The van der Waals surface area contributed by atoms with Crippen LogP contribution in [0, 0.1) is 5.92 Å². The number of nitrogens with zero attached hydrogens (tertiary/aromatic N) is 1. The van der Waals surface area contributed by atoms with E-state index < -0.39 is 9.84 Å². The zero-order chi connectivity index (χ0) is 12.3. The zero-order valence-electron chi connectivity index (χ0n) is 9.81. The molecule has 0 bridgehead atoms. The lowest BCUT2D eigenvalue weighted by atomic mass is 10.1. The fraction of sp³-hybridized carbons (Fsp3) is 0.900. The Morgan fingerprint density at radius 3 is 2.88 bits per heavy atom. The highest BCUT2D eigenvalue weighted by Gasteiger charge is 2.27. The van der Waals surface area contributed by atoms with Gasteiger partial charge >= 0.3 is 6.03 Å². The van der Waals surface area contributed by atoms with E-state index in [9.17, 15) is 13.2 Å². The minimum Gasteiger partial charge on any atom is -0.336 e. The summed E-state index contributed by atoms with van der Waals surface area (Å²) >= 11 is 0. The second-order valence-corrected chi connectivity index (χ2v) is 6.92. The van der Waals surface area contributed by atoms with E-state index in [4.69, 9.17) is 0 Å². The Kier molecular flexibility index (Phi) is 3.88. The molecule has 98 valence electrons.